The fourth-order valence-corrected chi connectivity index (χ4v) is 3.47. The Kier molecular flexibility index (Phi) is 5.69. The Bertz CT molecular complexity index is 958. The normalized spacial score (nSPS) is 15.5. The van der Waals surface area contributed by atoms with Crippen molar-refractivity contribution < 1.29 is 9.32 Å². The summed E-state index contributed by atoms with van der Waals surface area (Å²) in [7, 11) is 0. The highest BCUT2D eigenvalue weighted by Crippen LogP contribution is 2.18. The number of carbonyl (C=O) groups is 1. The summed E-state index contributed by atoms with van der Waals surface area (Å²) in [6.07, 6.45) is 0. The van der Waals surface area contributed by atoms with Crippen LogP contribution in [0.4, 0.5) is 0 Å². The van der Waals surface area contributed by atoms with Crippen molar-refractivity contribution >= 4 is 5.91 Å². The van der Waals surface area contributed by atoms with Gasteiger partial charge in [0.25, 0.3) is 0 Å². The van der Waals surface area contributed by atoms with Crippen LogP contribution in [-0.2, 0) is 13.1 Å². The van der Waals surface area contributed by atoms with Crippen molar-refractivity contribution in [2.45, 2.75) is 20.0 Å². The Balaban J connectivity index is 1.28. The second-order valence-corrected chi connectivity index (χ2v) is 7.49. The lowest BCUT2D eigenvalue weighted by atomic mass is 10.1. The Morgan fingerprint density at radius 1 is 0.966 bits per heavy atom. The number of hydrogen-bond acceptors (Lipinski definition) is 6. The largest absolute Gasteiger partial charge is 0.366 e. The van der Waals surface area contributed by atoms with Gasteiger partial charge >= 0.3 is 0 Å². The predicted molar refractivity (Wildman–Crippen MR) is 110 cm³/mol. The minimum atomic E-state index is -0.392. The number of piperazine rings is 1. The van der Waals surface area contributed by atoms with Gasteiger partial charge in [-0.25, -0.2) is 0 Å². The minimum absolute atomic E-state index is 0.392. The average Bonchev–Trinajstić information content (AvgIpc) is 3.19. The van der Waals surface area contributed by atoms with E-state index in [1.165, 1.54) is 11.1 Å². The highest BCUT2D eigenvalue weighted by Gasteiger charge is 2.19. The zero-order valence-electron chi connectivity index (χ0n) is 16.5. The van der Waals surface area contributed by atoms with Crippen LogP contribution >= 0.6 is 0 Å². The summed E-state index contributed by atoms with van der Waals surface area (Å²) < 4.78 is 5.45. The number of rotatable bonds is 6. The molecule has 7 nitrogen and oxygen atoms in total. The highest BCUT2D eigenvalue weighted by atomic mass is 16.5. The summed E-state index contributed by atoms with van der Waals surface area (Å²) in [5, 5.41) is 4.12. The monoisotopic (exact) mass is 391 g/mol. The number of carbonyl (C=O) groups excluding carboxylic acids is 1. The second-order valence-electron chi connectivity index (χ2n) is 7.49. The Hall–Kier alpha value is -3.03. The molecule has 0 saturated carbocycles. The van der Waals surface area contributed by atoms with E-state index in [1.807, 2.05) is 36.4 Å². The van der Waals surface area contributed by atoms with Gasteiger partial charge in [-0.05, 0) is 24.6 Å². The molecule has 3 aromatic rings. The van der Waals surface area contributed by atoms with Gasteiger partial charge in [0.05, 0.1) is 6.54 Å². The molecule has 1 fully saturated rings. The molecular formula is C22H25N5O2. The molecule has 0 radical (unpaired) electrons. The van der Waals surface area contributed by atoms with E-state index in [-0.39, 0.29) is 0 Å². The molecule has 0 unspecified atom stereocenters. The summed E-state index contributed by atoms with van der Waals surface area (Å²) in [5.41, 5.74) is 9.20. The van der Waals surface area contributed by atoms with Gasteiger partial charge in [0.15, 0.2) is 0 Å². The summed E-state index contributed by atoms with van der Waals surface area (Å²) in [6, 6.07) is 15.6. The minimum Gasteiger partial charge on any atom is -0.366 e. The number of nitrogens with zero attached hydrogens (tertiary/aromatic N) is 4. The van der Waals surface area contributed by atoms with Gasteiger partial charge in [0.2, 0.25) is 17.6 Å². The van der Waals surface area contributed by atoms with Crippen LogP contribution in [-0.4, -0.2) is 52.0 Å². The van der Waals surface area contributed by atoms with Crippen LogP contribution in [0, 0.1) is 6.92 Å². The number of nitrogens with two attached hydrogens (primary N) is 1. The van der Waals surface area contributed by atoms with E-state index >= 15 is 0 Å². The summed E-state index contributed by atoms with van der Waals surface area (Å²) in [6.45, 7) is 7.42. The molecule has 1 amide bonds. The van der Waals surface area contributed by atoms with E-state index < -0.39 is 5.91 Å². The van der Waals surface area contributed by atoms with E-state index in [0.717, 1.165) is 38.3 Å². The third kappa shape index (κ3) is 4.88. The van der Waals surface area contributed by atoms with Crippen molar-refractivity contribution in [3.8, 4) is 11.4 Å². The first-order valence-corrected chi connectivity index (χ1v) is 9.80. The number of hydrogen-bond donors (Lipinski definition) is 1. The van der Waals surface area contributed by atoms with Gasteiger partial charge in [0, 0.05) is 43.9 Å². The molecular weight excluding hydrogens is 366 g/mol. The van der Waals surface area contributed by atoms with Gasteiger partial charge in [-0.3, -0.25) is 14.6 Å². The Labute approximate surface area is 170 Å². The molecule has 1 saturated heterocycles. The fourth-order valence-electron chi connectivity index (χ4n) is 3.47. The summed E-state index contributed by atoms with van der Waals surface area (Å²) >= 11 is 0. The van der Waals surface area contributed by atoms with Crippen LogP contribution in [0.1, 0.15) is 27.4 Å². The van der Waals surface area contributed by atoms with Gasteiger partial charge in [0.1, 0.15) is 0 Å². The lowest BCUT2D eigenvalue weighted by molar-refractivity contribution is 0.1000. The Morgan fingerprint density at radius 2 is 1.59 bits per heavy atom. The van der Waals surface area contributed by atoms with E-state index in [4.69, 9.17) is 10.3 Å². The van der Waals surface area contributed by atoms with Crippen LogP contribution in [0.2, 0.25) is 0 Å². The lowest BCUT2D eigenvalue weighted by Gasteiger charge is -2.33. The van der Waals surface area contributed by atoms with Crippen molar-refractivity contribution in [2.75, 3.05) is 26.2 Å². The van der Waals surface area contributed by atoms with E-state index in [0.29, 0.717) is 23.8 Å². The SMILES string of the molecule is Cc1ccc(-c2noc(CN3CCN(Cc4ccc(C(N)=O)cc4)CC3)n2)cc1. The number of amides is 1. The zero-order valence-corrected chi connectivity index (χ0v) is 16.5. The number of benzene rings is 2. The maximum atomic E-state index is 11.2. The molecule has 4 rings (SSSR count). The third-order valence-electron chi connectivity index (χ3n) is 5.25. The maximum absolute atomic E-state index is 11.2. The molecule has 0 atom stereocenters. The van der Waals surface area contributed by atoms with Gasteiger partial charge in [-0.15, -0.1) is 0 Å². The zero-order chi connectivity index (χ0) is 20.2. The molecule has 0 spiro atoms. The molecule has 0 aliphatic carbocycles. The summed E-state index contributed by atoms with van der Waals surface area (Å²) in [5.74, 6) is 0.894. The van der Waals surface area contributed by atoms with E-state index in [2.05, 4.69) is 26.9 Å². The van der Waals surface area contributed by atoms with Crippen molar-refractivity contribution in [1.82, 2.24) is 19.9 Å². The third-order valence-corrected chi connectivity index (χ3v) is 5.25. The number of primary amides is 1. The molecule has 2 heterocycles. The van der Waals surface area contributed by atoms with Crippen molar-refractivity contribution in [2.24, 2.45) is 5.73 Å². The van der Waals surface area contributed by atoms with Crippen LogP contribution in [0.5, 0.6) is 0 Å². The quantitative estimate of drug-likeness (QED) is 0.694. The number of aromatic nitrogens is 2. The molecule has 0 bridgehead atoms. The van der Waals surface area contributed by atoms with Gasteiger partial charge in [-0.1, -0.05) is 47.1 Å². The van der Waals surface area contributed by atoms with E-state index in [9.17, 15) is 4.79 Å². The van der Waals surface area contributed by atoms with Crippen molar-refractivity contribution in [3.05, 3.63) is 71.1 Å². The molecule has 150 valence electrons. The average molecular weight is 391 g/mol. The molecule has 7 heteroatoms. The standard InChI is InChI=1S/C22H25N5O2/c1-16-2-6-19(7-3-16)22-24-20(29-25-22)15-27-12-10-26(11-13-27)14-17-4-8-18(9-5-17)21(23)28/h2-9H,10-15H2,1H3,(H2,23,28). The van der Waals surface area contributed by atoms with Gasteiger partial charge in [-0.2, -0.15) is 4.98 Å². The topological polar surface area (TPSA) is 88.5 Å². The first kappa shape index (κ1) is 19.3. The molecule has 1 aromatic heterocycles. The first-order valence-electron chi connectivity index (χ1n) is 9.80. The van der Waals surface area contributed by atoms with Crippen molar-refractivity contribution in [1.29, 1.82) is 0 Å². The Morgan fingerprint density at radius 3 is 2.21 bits per heavy atom. The highest BCUT2D eigenvalue weighted by molar-refractivity contribution is 5.92. The maximum Gasteiger partial charge on any atom is 0.248 e. The first-order chi connectivity index (χ1) is 14.1. The van der Waals surface area contributed by atoms with Gasteiger partial charge < -0.3 is 10.3 Å². The van der Waals surface area contributed by atoms with Crippen LogP contribution < -0.4 is 5.73 Å². The number of aryl methyl sites for hydroxylation is 1. The fraction of sp³-hybridized carbons (Fsp3) is 0.318. The van der Waals surface area contributed by atoms with Crippen LogP contribution in [0.15, 0.2) is 53.1 Å². The second kappa shape index (κ2) is 8.55. The molecule has 2 aromatic carbocycles. The lowest BCUT2D eigenvalue weighted by Crippen LogP contribution is -2.45. The molecule has 2 N–H and O–H groups in total. The smallest absolute Gasteiger partial charge is 0.248 e. The van der Waals surface area contributed by atoms with Crippen LogP contribution in [0.25, 0.3) is 11.4 Å². The molecule has 29 heavy (non-hydrogen) atoms. The molecule has 1 aliphatic heterocycles. The predicted octanol–water partition coefficient (Wildman–Crippen LogP) is 2.46. The van der Waals surface area contributed by atoms with Crippen molar-refractivity contribution in [3.63, 3.8) is 0 Å². The summed E-state index contributed by atoms with van der Waals surface area (Å²) in [4.78, 5) is 20.5. The van der Waals surface area contributed by atoms with E-state index in [1.54, 1.807) is 12.1 Å². The molecule has 1 aliphatic rings. The van der Waals surface area contributed by atoms with Crippen LogP contribution in [0.3, 0.4) is 0 Å².